The van der Waals surface area contributed by atoms with Gasteiger partial charge in [0.05, 0.1) is 12.0 Å². The summed E-state index contributed by atoms with van der Waals surface area (Å²) in [7, 11) is 0. The molecule has 2 heterocycles. The molecule has 0 bridgehead atoms. The highest BCUT2D eigenvalue weighted by Gasteiger charge is 2.30. The number of carbonyl (C=O) groups excluding carboxylic acids is 1. The second-order valence-corrected chi connectivity index (χ2v) is 5.71. The maximum atomic E-state index is 12.2. The first-order valence-electron chi connectivity index (χ1n) is 6.26. The first-order chi connectivity index (χ1) is 8.22. The highest BCUT2D eigenvalue weighted by Crippen LogP contribution is 2.23. The molecule has 2 rings (SSSR count). The Morgan fingerprint density at radius 1 is 1.65 bits per heavy atom. The van der Waals surface area contributed by atoms with E-state index in [-0.39, 0.29) is 17.9 Å². The molecule has 1 fully saturated rings. The third kappa shape index (κ3) is 2.87. The lowest BCUT2D eigenvalue weighted by Crippen LogP contribution is -2.36. The molecule has 94 valence electrons. The summed E-state index contributed by atoms with van der Waals surface area (Å²) in [5, 5.41) is 8.50. The van der Waals surface area contributed by atoms with E-state index in [1.807, 2.05) is 6.07 Å². The zero-order valence-electron chi connectivity index (χ0n) is 10.4. The average Bonchev–Trinajstić information content (AvgIpc) is 2.96. The molecule has 0 aliphatic carbocycles. The standard InChI is InChI=1S/C13H20N2OS/c1-3-11(12-5-4-6-17-12)15-13(16)10-8-14-7-9(10)2/h4-6,9-11,14H,3,7-8H2,1-2H3,(H,15,16)/t9-,10-,11?/m1/s1. The van der Waals surface area contributed by atoms with E-state index in [1.165, 1.54) is 4.88 Å². The van der Waals surface area contributed by atoms with Gasteiger partial charge < -0.3 is 10.6 Å². The van der Waals surface area contributed by atoms with Crippen LogP contribution in [0.5, 0.6) is 0 Å². The Kier molecular flexibility index (Phi) is 4.18. The molecule has 1 aromatic heterocycles. The minimum absolute atomic E-state index is 0.129. The van der Waals surface area contributed by atoms with Crippen LogP contribution >= 0.6 is 11.3 Å². The van der Waals surface area contributed by atoms with Crippen molar-refractivity contribution in [3.05, 3.63) is 22.4 Å². The molecule has 1 saturated heterocycles. The molecule has 2 N–H and O–H groups in total. The van der Waals surface area contributed by atoms with Crippen molar-refractivity contribution in [2.24, 2.45) is 11.8 Å². The van der Waals surface area contributed by atoms with Crippen molar-refractivity contribution < 1.29 is 4.79 Å². The lowest BCUT2D eigenvalue weighted by Gasteiger charge is -2.20. The molecule has 1 aliphatic heterocycles. The molecular weight excluding hydrogens is 232 g/mol. The van der Waals surface area contributed by atoms with E-state index in [2.05, 4.69) is 35.9 Å². The molecule has 17 heavy (non-hydrogen) atoms. The van der Waals surface area contributed by atoms with Crippen LogP contribution in [-0.2, 0) is 4.79 Å². The van der Waals surface area contributed by atoms with Crippen LogP contribution in [0.25, 0.3) is 0 Å². The zero-order chi connectivity index (χ0) is 12.3. The smallest absolute Gasteiger partial charge is 0.225 e. The van der Waals surface area contributed by atoms with E-state index in [1.54, 1.807) is 11.3 Å². The van der Waals surface area contributed by atoms with Crippen molar-refractivity contribution in [1.29, 1.82) is 0 Å². The fourth-order valence-corrected chi connectivity index (χ4v) is 3.17. The van der Waals surface area contributed by atoms with Crippen LogP contribution < -0.4 is 10.6 Å². The number of carbonyl (C=O) groups is 1. The minimum atomic E-state index is 0.129. The van der Waals surface area contributed by atoms with Gasteiger partial charge in [-0.25, -0.2) is 0 Å². The summed E-state index contributed by atoms with van der Waals surface area (Å²) >= 11 is 1.71. The third-order valence-corrected chi connectivity index (χ3v) is 4.45. The van der Waals surface area contributed by atoms with Crippen LogP contribution in [0.4, 0.5) is 0 Å². The Bertz CT molecular complexity index is 364. The maximum absolute atomic E-state index is 12.2. The second-order valence-electron chi connectivity index (χ2n) is 4.73. The first-order valence-corrected chi connectivity index (χ1v) is 7.14. The Labute approximate surface area is 107 Å². The summed E-state index contributed by atoms with van der Waals surface area (Å²) in [5.74, 6) is 0.766. The van der Waals surface area contributed by atoms with Gasteiger partial charge in [-0.2, -0.15) is 0 Å². The highest BCUT2D eigenvalue weighted by molar-refractivity contribution is 7.10. The van der Waals surface area contributed by atoms with Crippen LogP contribution in [0, 0.1) is 11.8 Å². The fraction of sp³-hybridized carbons (Fsp3) is 0.615. The molecule has 0 aromatic carbocycles. The van der Waals surface area contributed by atoms with Crippen LogP contribution in [0.1, 0.15) is 31.2 Å². The van der Waals surface area contributed by atoms with Crippen LogP contribution in [0.2, 0.25) is 0 Å². The van der Waals surface area contributed by atoms with Gasteiger partial charge in [-0.3, -0.25) is 4.79 Å². The Morgan fingerprint density at radius 2 is 2.47 bits per heavy atom. The quantitative estimate of drug-likeness (QED) is 0.862. The van der Waals surface area contributed by atoms with Gasteiger partial charge in [0, 0.05) is 11.4 Å². The average molecular weight is 252 g/mol. The van der Waals surface area contributed by atoms with E-state index in [9.17, 15) is 4.79 Å². The maximum Gasteiger partial charge on any atom is 0.225 e. The molecule has 1 aliphatic rings. The SMILES string of the molecule is CCC(NC(=O)[C@@H]1CNC[C@H]1C)c1cccs1. The van der Waals surface area contributed by atoms with Gasteiger partial charge in [-0.05, 0) is 30.3 Å². The largest absolute Gasteiger partial charge is 0.348 e. The van der Waals surface area contributed by atoms with Gasteiger partial charge in [0.1, 0.15) is 0 Å². The second kappa shape index (κ2) is 5.65. The van der Waals surface area contributed by atoms with Crippen LogP contribution in [0.15, 0.2) is 17.5 Å². The molecule has 0 spiro atoms. The molecule has 3 atom stereocenters. The summed E-state index contributed by atoms with van der Waals surface area (Å²) < 4.78 is 0. The summed E-state index contributed by atoms with van der Waals surface area (Å²) in [6, 6.07) is 4.31. The van der Waals surface area contributed by atoms with Crippen LogP contribution in [0.3, 0.4) is 0 Å². The summed E-state index contributed by atoms with van der Waals surface area (Å²) in [4.78, 5) is 13.4. The molecule has 0 radical (unpaired) electrons. The molecule has 0 saturated carbocycles. The van der Waals surface area contributed by atoms with Crippen molar-refractivity contribution in [3.8, 4) is 0 Å². The lowest BCUT2D eigenvalue weighted by molar-refractivity contribution is -0.126. The van der Waals surface area contributed by atoms with Gasteiger partial charge in [0.25, 0.3) is 0 Å². The number of nitrogens with one attached hydrogen (secondary N) is 2. The molecule has 1 amide bonds. The summed E-state index contributed by atoms with van der Waals surface area (Å²) in [6.45, 7) is 6.01. The van der Waals surface area contributed by atoms with Crippen molar-refractivity contribution >= 4 is 17.2 Å². The lowest BCUT2D eigenvalue weighted by atomic mass is 9.97. The van der Waals surface area contributed by atoms with E-state index in [4.69, 9.17) is 0 Å². The monoisotopic (exact) mass is 252 g/mol. The van der Waals surface area contributed by atoms with Crippen LogP contribution in [-0.4, -0.2) is 19.0 Å². The molecule has 1 unspecified atom stereocenters. The Hall–Kier alpha value is -0.870. The Balaban J connectivity index is 1.97. The zero-order valence-corrected chi connectivity index (χ0v) is 11.2. The predicted molar refractivity (Wildman–Crippen MR) is 71.0 cm³/mol. The number of hydrogen-bond acceptors (Lipinski definition) is 3. The van der Waals surface area contributed by atoms with Gasteiger partial charge in [-0.15, -0.1) is 11.3 Å². The fourth-order valence-electron chi connectivity index (χ4n) is 2.30. The minimum Gasteiger partial charge on any atom is -0.348 e. The highest BCUT2D eigenvalue weighted by atomic mass is 32.1. The van der Waals surface area contributed by atoms with Crippen molar-refractivity contribution in [3.63, 3.8) is 0 Å². The normalized spacial score (nSPS) is 25.8. The predicted octanol–water partition coefficient (Wildman–Crippen LogP) is 2.17. The van der Waals surface area contributed by atoms with E-state index in [0.29, 0.717) is 5.92 Å². The van der Waals surface area contributed by atoms with Gasteiger partial charge in [0.15, 0.2) is 0 Å². The van der Waals surface area contributed by atoms with Gasteiger partial charge in [-0.1, -0.05) is 19.9 Å². The van der Waals surface area contributed by atoms with Crippen molar-refractivity contribution in [2.45, 2.75) is 26.3 Å². The topological polar surface area (TPSA) is 41.1 Å². The van der Waals surface area contributed by atoms with Gasteiger partial charge >= 0.3 is 0 Å². The van der Waals surface area contributed by atoms with Gasteiger partial charge in [0.2, 0.25) is 5.91 Å². The van der Waals surface area contributed by atoms with E-state index in [0.717, 1.165) is 19.5 Å². The molecular formula is C13H20N2OS. The number of thiophene rings is 1. The number of hydrogen-bond donors (Lipinski definition) is 2. The number of rotatable bonds is 4. The van der Waals surface area contributed by atoms with Crippen molar-refractivity contribution in [2.75, 3.05) is 13.1 Å². The third-order valence-electron chi connectivity index (χ3n) is 3.47. The summed E-state index contributed by atoms with van der Waals surface area (Å²) in [6.07, 6.45) is 0.945. The number of amides is 1. The van der Waals surface area contributed by atoms with Crippen molar-refractivity contribution in [1.82, 2.24) is 10.6 Å². The van der Waals surface area contributed by atoms with E-state index >= 15 is 0 Å². The molecule has 1 aromatic rings. The summed E-state index contributed by atoms with van der Waals surface area (Å²) in [5.41, 5.74) is 0. The van der Waals surface area contributed by atoms with E-state index < -0.39 is 0 Å². The molecule has 4 heteroatoms. The molecule has 3 nitrogen and oxygen atoms in total. The first kappa shape index (κ1) is 12.6. The Morgan fingerprint density at radius 3 is 3.00 bits per heavy atom.